The largest absolute Gasteiger partial charge is 0.334 e. The Labute approximate surface area is 155 Å². The Hall–Kier alpha value is -3.81. The van der Waals surface area contributed by atoms with Crippen LogP contribution in [0.1, 0.15) is 23.0 Å². The molecule has 1 aromatic heterocycles. The first kappa shape index (κ1) is 18.0. The second-order valence-electron chi connectivity index (χ2n) is 5.84. The van der Waals surface area contributed by atoms with Gasteiger partial charge < -0.3 is 10.6 Å². The highest BCUT2D eigenvalue weighted by atomic mass is 16.6. The van der Waals surface area contributed by atoms with Gasteiger partial charge in [0.1, 0.15) is 5.69 Å². The monoisotopic (exact) mass is 363 g/mol. The van der Waals surface area contributed by atoms with E-state index in [1.807, 2.05) is 18.2 Å². The Bertz CT molecular complexity index is 988. The molecule has 0 spiro atoms. The number of hydrogen-bond acceptors (Lipinski definition) is 7. The first-order valence-corrected chi connectivity index (χ1v) is 8.17. The topological polar surface area (TPSA) is 110 Å². The summed E-state index contributed by atoms with van der Waals surface area (Å²) in [5.41, 5.74) is 1.98. The van der Waals surface area contributed by atoms with Crippen LogP contribution < -0.4 is 10.6 Å². The number of para-hydroxylation sites is 1. The Morgan fingerprint density at radius 2 is 1.59 bits per heavy atom. The molecule has 2 aromatic carbocycles. The van der Waals surface area contributed by atoms with Gasteiger partial charge in [0.15, 0.2) is 5.78 Å². The smallest absolute Gasteiger partial charge is 0.332 e. The molecule has 0 aliphatic heterocycles. The van der Waals surface area contributed by atoms with E-state index in [1.165, 1.54) is 6.92 Å². The first-order valence-electron chi connectivity index (χ1n) is 8.17. The summed E-state index contributed by atoms with van der Waals surface area (Å²) in [6.45, 7) is 3.05. The molecule has 0 radical (unpaired) electrons. The van der Waals surface area contributed by atoms with Crippen molar-refractivity contribution in [3.63, 3.8) is 0 Å². The molecule has 3 rings (SSSR count). The summed E-state index contributed by atoms with van der Waals surface area (Å²) in [6, 6.07) is 15.9. The summed E-state index contributed by atoms with van der Waals surface area (Å²) in [6.07, 6.45) is 0. The molecule has 1 heterocycles. The van der Waals surface area contributed by atoms with Gasteiger partial charge >= 0.3 is 5.69 Å². The van der Waals surface area contributed by atoms with Gasteiger partial charge in [0.25, 0.3) is 0 Å². The van der Waals surface area contributed by atoms with Gasteiger partial charge in [0, 0.05) is 16.9 Å². The lowest BCUT2D eigenvalue weighted by Crippen LogP contribution is -2.07. The molecule has 3 aromatic rings. The molecule has 136 valence electrons. The van der Waals surface area contributed by atoms with E-state index in [4.69, 9.17) is 0 Å². The summed E-state index contributed by atoms with van der Waals surface area (Å²) in [5, 5.41) is 17.4. The zero-order valence-electron chi connectivity index (χ0n) is 14.8. The minimum absolute atomic E-state index is 0.0293. The van der Waals surface area contributed by atoms with Crippen LogP contribution in [0, 0.1) is 17.0 Å². The van der Waals surface area contributed by atoms with E-state index in [0.29, 0.717) is 16.9 Å². The van der Waals surface area contributed by atoms with Gasteiger partial charge in [-0.2, -0.15) is 4.98 Å². The van der Waals surface area contributed by atoms with Crippen molar-refractivity contribution in [2.75, 3.05) is 10.6 Å². The van der Waals surface area contributed by atoms with E-state index in [1.54, 1.807) is 43.3 Å². The lowest BCUT2D eigenvalue weighted by atomic mass is 10.1. The number of ketones is 1. The number of carbonyl (C=O) groups excluding carboxylic acids is 1. The van der Waals surface area contributed by atoms with E-state index in [9.17, 15) is 14.9 Å². The minimum Gasteiger partial charge on any atom is -0.334 e. The van der Waals surface area contributed by atoms with E-state index in [0.717, 1.165) is 0 Å². The number of carbonyl (C=O) groups is 1. The molecule has 8 heteroatoms. The van der Waals surface area contributed by atoms with Gasteiger partial charge in [-0.05, 0) is 50.2 Å². The Kier molecular flexibility index (Phi) is 5.07. The van der Waals surface area contributed by atoms with Crippen molar-refractivity contribution in [1.82, 2.24) is 9.97 Å². The van der Waals surface area contributed by atoms with Crippen molar-refractivity contribution in [3.05, 3.63) is 76.0 Å². The molecule has 0 bridgehead atoms. The molecular weight excluding hydrogens is 346 g/mol. The molecule has 0 unspecified atom stereocenters. The maximum atomic E-state index is 11.4. The highest BCUT2D eigenvalue weighted by molar-refractivity contribution is 5.94. The molecular formula is C19H17N5O3. The third kappa shape index (κ3) is 4.24. The summed E-state index contributed by atoms with van der Waals surface area (Å²) in [4.78, 5) is 30.7. The van der Waals surface area contributed by atoms with Crippen LogP contribution in [0.3, 0.4) is 0 Å². The number of Topliss-reactive ketones (excluding diaryl/α,β-unsaturated/α-hetero) is 1. The summed E-state index contributed by atoms with van der Waals surface area (Å²) >= 11 is 0. The van der Waals surface area contributed by atoms with Crippen molar-refractivity contribution in [3.8, 4) is 0 Å². The Morgan fingerprint density at radius 3 is 2.19 bits per heavy atom. The van der Waals surface area contributed by atoms with Crippen LogP contribution in [0.25, 0.3) is 0 Å². The third-order valence-corrected chi connectivity index (χ3v) is 3.82. The van der Waals surface area contributed by atoms with Crippen LogP contribution in [-0.4, -0.2) is 20.7 Å². The molecule has 0 amide bonds. The van der Waals surface area contributed by atoms with Crippen LogP contribution in [0.4, 0.5) is 28.8 Å². The highest BCUT2D eigenvalue weighted by Gasteiger charge is 2.22. The fourth-order valence-corrected chi connectivity index (χ4v) is 2.50. The average molecular weight is 363 g/mol. The molecule has 0 saturated heterocycles. The fraction of sp³-hybridized carbons (Fsp3) is 0.105. The average Bonchev–Trinajstić information content (AvgIpc) is 2.62. The van der Waals surface area contributed by atoms with Crippen LogP contribution in [0.2, 0.25) is 0 Å². The molecule has 27 heavy (non-hydrogen) atoms. The zero-order chi connectivity index (χ0) is 19.4. The maximum absolute atomic E-state index is 11.4. The normalized spacial score (nSPS) is 10.3. The number of aromatic nitrogens is 2. The Morgan fingerprint density at radius 1 is 0.963 bits per heavy atom. The van der Waals surface area contributed by atoms with Gasteiger partial charge in [0.2, 0.25) is 11.8 Å². The quantitative estimate of drug-likeness (QED) is 0.380. The van der Waals surface area contributed by atoms with Crippen LogP contribution in [0.5, 0.6) is 0 Å². The number of anilines is 4. The van der Waals surface area contributed by atoms with Gasteiger partial charge in [-0.25, -0.2) is 4.98 Å². The number of hydrogen-bond donors (Lipinski definition) is 2. The fourth-order valence-electron chi connectivity index (χ4n) is 2.50. The minimum atomic E-state index is -0.508. The maximum Gasteiger partial charge on any atom is 0.332 e. The number of nitrogens with zero attached hydrogens (tertiary/aromatic N) is 3. The highest BCUT2D eigenvalue weighted by Crippen LogP contribution is 2.30. The number of nitro groups is 1. The summed E-state index contributed by atoms with van der Waals surface area (Å²) in [7, 11) is 0. The zero-order valence-corrected chi connectivity index (χ0v) is 14.8. The van der Waals surface area contributed by atoms with Crippen LogP contribution >= 0.6 is 0 Å². The summed E-state index contributed by atoms with van der Waals surface area (Å²) in [5.74, 6) is 0.284. The van der Waals surface area contributed by atoms with Gasteiger partial charge in [-0.3, -0.25) is 14.9 Å². The number of aryl methyl sites for hydroxylation is 1. The number of rotatable bonds is 6. The van der Waals surface area contributed by atoms with E-state index < -0.39 is 4.92 Å². The lowest BCUT2D eigenvalue weighted by molar-refractivity contribution is -0.385. The number of benzene rings is 2. The molecule has 8 nitrogen and oxygen atoms in total. The van der Waals surface area contributed by atoms with Crippen molar-refractivity contribution in [2.45, 2.75) is 13.8 Å². The van der Waals surface area contributed by atoms with Gasteiger partial charge in [-0.1, -0.05) is 18.2 Å². The van der Waals surface area contributed by atoms with E-state index >= 15 is 0 Å². The van der Waals surface area contributed by atoms with Crippen molar-refractivity contribution >= 4 is 34.6 Å². The molecule has 0 atom stereocenters. The molecule has 0 fully saturated rings. The van der Waals surface area contributed by atoms with Crippen LogP contribution in [-0.2, 0) is 0 Å². The van der Waals surface area contributed by atoms with Crippen LogP contribution in [0.15, 0.2) is 54.6 Å². The van der Waals surface area contributed by atoms with E-state index in [2.05, 4.69) is 20.6 Å². The predicted molar refractivity (Wildman–Crippen MR) is 103 cm³/mol. The van der Waals surface area contributed by atoms with Gasteiger partial charge in [0.05, 0.1) is 4.92 Å². The van der Waals surface area contributed by atoms with E-state index in [-0.39, 0.29) is 28.9 Å². The second kappa shape index (κ2) is 7.61. The van der Waals surface area contributed by atoms with Gasteiger partial charge in [-0.15, -0.1) is 0 Å². The molecule has 0 aliphatic carbocycles. The Balaban J connectivity index is 1.94. The van der Waals surface area contributed by atoms with Crippen molar-refractivity contribution in [2.24, 2.45) is 0 Å². The predicted octanol–water partition coefficient (Wildman–Crippen LogP) is 4.38. The second-order valence-corrected chi connectivity index (χ2v) is 5.84. The molecule has 2 N–H and O–H groups in total. The standard InChI is InChI=1S/C19H17N5O3/c1-12-17(24(26)27)18(21-15-6-4-3-5-7-15)23-19(20-12)22-16-10-8-14(9-11-16)13(2)25/h3-11H,1-2H3,(H2,20,21,22,23). The van der Waals surface area contributed by atoms with Crippen molar-refractivity contribution in [1.29, 1.82) is 0 Å². The summed E-state index contributed by atoms with van der Waals surface area (Å²) < 4.78 is 0. The van der Waals surface area contributed by atoms with Crippen molar-refractivity contribution < 1.29 is 9.72 Å². The first-order chi connectivity index (χ1) is 12.9. The lowest BCUT2D eigenvalue weighted by Gasteiger charge is -2.11. The molecule has 0 saturated carbocycles. The SMILES string of the molecule is CC(=O)c1ccc(Nc2nc(C)c([N+](=O)[O-])c(Nc3ccccc3)n2)cc1. The molecule has 0 aliphatic rings. The third-order valence-electron chi connectivity index (χ3n) is 3.82. The number of nitrogens with one attached hydrogen (secondary N) is 2.